The number of fused-ring (bicyclic) bond motifs is 1. The first-order valence-corrected chi connectivity index (χ1v) is 20.6. The summed E-state index contributed by atoms with van der Waals surface area (Å²) in [6.07, 6.45) is 4.98. The van der Waals surface area contributed by atoms with Crippen LogP contribution in [0, 0.1) is 5.82 Å². The van der Waals surface area contributed by atoms with Crippen molar-refractivity contribution in [2.75, 3.05) is 18.1 Å². The van der Waals surface area contributed by atoms with Gasteiger partial charge >= 0.3 is 12.1 Å². The zero-order valence-electron chi connectivity index (χ0n) is 29.9. The minimum Gasteiger partial charge on any atom is -0.460 e. The van der Waals surface area contributed by atoms with Crippen molar-refractivity contribution in [1.29, 1.82) is 0 Å². The van der Waals surface area contributed by atoms with E-state index in [9.17, 15) is 14.0 Å². The van der Waals surface area contributed by atoms with Crippen molar-refractivity contribution < 1.29 is 32.9 Å². The van der Waals surface area contributed by atoms with Gasteiger partial charge in [-0.1, -0.05) is 57.8 Å². The first-order valence-electron chi connectivity index (χ1n) is 16.8. The van der Waals surface area contributed by atoms with Crippen molar-refractivity contribution in [3.63, 3.8) is 0 Å². The Morgan fingerprint density at radius 1 is 1.15 bits per heavy atom. The number of rotatable bonds is 9. The monoisotopic (exact) mass is 668 g/mol. The van der Waals surface area contributed by atoms with E-state index in [1.807, 2.05) is 46.8 Å². The Hall–Kier alpha value is -3.08. The van der Waals surface area contributed by atoms with Crippen LogP contribution in [0.15, 0.2) is 30.3 Å². The van der Waals surface area contributed by atoms with Crippen molar-refractivity contribution in [1.82, 2.24) is 4.98 Å². The molecular weight excluding hydrogens is 615 g/mol. The molecule has 8 nitrogen and oxygen atoms in total. The number of esters is 1. The number of benzene rings is 1. The maximum absolute atomic E-state index is 14.1. The van der Waals surface area contributed by atoms with Crippen LogP contribution in [-0.2, 0) is 30.2 Å². The van der Waals surface area contributed by atoms with Crippen LogP contribution in [0.2, 0.25) is 25.7 Å². The Morgan fingerprint density at radius 2 is 1.83 bits per heavy atom. The van der Waals surface area contributed by atoms with Crippen LogP contribution < -0.4 is 4.90 Å². The number of aromatic nitrogens is 1. The summed E-state index contributed by atoms with van der Waals surface area (Å²) in [5, 5.41) is 0. The number of carbonyl (C=O) groups is 2. The average molecular weight is 669 g/mol. The summed E-state index contributed by atoms with van der Waals surface area (Å²) in [6.45, 7) is 21.0. The van der Waals surface area contributed by atoms with E-state index in [0.29, 0.717) is 31.8 Å². The summed E-state index contributed by atoms with van der Waals surface area (Å²) in [7, 11) is -1.38. The number of pyridine rings is 1. The molecule has 0 spiro atoms. The predicted molar refractivity (Wildman–Crippen MR) is 187 cm³/mol. The van der Waals surface area contributed by atoms with E-state index in [0.717, 1.165) is 40.4 Å². The number of hydrogen-bond donors (Lipinski definition) is 0. The lowest BCUT2D eigenvalue weighted by atomic mass is 9.87. The second kappa shape index (κ2) is 14.6. The standard InChI is InChI=1S/C37H53FN2O6Si/c1-24(2)33-29(18-17-27-22-28(45-37(6,7)44-27)23-31(41)46-36(3,4)5)32(25-13-15-26(38)16-14-25)30-12-11-19-40(34(30)39-33)35(42)43-20-21-47(8,9)10/h13-18,24,27-28H,11-12,19-23H2,1-10H3/t27-,28-/m1/s1. The van der Waals surface area contributed by atoms with Crippen LogP contribution in [0.3, 0.4) is 0 Å². The first-order chi connectivity index (χ1) is 21.8. The van der Waals surface area contributed by atoms with Crippen molar-refractivity contribution >= 4 is 32.0 Å². The summed E-state index contributed by atoms with van der Waals surface area (Å²) < 4.78 is 37.9. The number of halogens is 1. The van der Waals surface area contributed by atoms with E-state index in [-0.39, 0.29) is 42.4 Å². The van der Waals surface area contributed by atoms with Crippen LogP contribution in [0.4, 0.5) is 15.0 Å². The molecule has 10 heteroatoms. The molecule has 1 fully saturated rings. The van der Waals surface area contributed by atoms with Gasteiger partial charge in [-0.3, -0.25) is 9.69 Å². The Kier molecular flexibility index (Phi) is 11.4. The molecule has 1 amide bonds. The molecule has 1 aromatic heterocycles. The molecule has 0 radical (unpaired) electrons. The summed E-state index contributed by atoms with van der Waals surface area (Å²) in [4.78, 5) is 32.9. The number of hydrogen-bond acceptors (Lipinski definition) is 7. The fraction of sp³-hybridized carbons (Fsp3) is 0.595. The van der Waals surface area contributed by atoms with Gasteiger partial charge in [0.2, 0.25) is 0 Å². The van der Waals surface area contributed by atoms with Gasteiger partial charge < -0.3 is 18.9 Å². The normalized spacial score (nSPS) is 20.0. The highest BCUT2D eigenvalue weighted by molar-refractivity contribution is 6.76. The molecule has 1 saturated heterocycles. The van der Waals surface area contributed by atoms with Crippen LogP contribution in [0.5, 0.6) is 0 Å². The zero-order valence-corrected chi connectivity index (χ0v) is 30.9. The third-order valence-electron chi connectivity index (χ3n) is 8.06. The lowest BCUT2D eigenvalue weighted by molar-refractivity contribution is -0.290. The molecule has 47 heavy (non-hydrogen) atoms. The van der Waals surface area contributed by atoms with Gasteiger partial charge in [0.05, 0.1) is 30.9 Å². The van der Waals surface area contributed by atoms with Crippen molar-refractivity contribution in [2.24, 2.45) is 0 Å². The van der Waals surface area contributed by atoms with E-state index in [2.05, 4.69) is 33.5 Å². The highest BCUT2D eigenvalue weighted by Crippen LogP contribution is 2.41. The molecule has 0 saturated carbocycles. The van der Waals surface area contributed by atoms with Crippen LogP contribution >= 0.6 is 0 Å². The predicted octanol–water partition coefficient (Wildman–Crippen LogP) is 8.89. The summed E-state index contributed by atoms with van der Waals surface area (Å²) in [6, 6.07) is 7.37. The Balaban J connectivity index is 1.74. The number of nitrogens with zero attached hydrogens (tertiary/aromatic N) is 2. The van der Waals surface area contributed by atoms with E-state index in [4.69, 9.17) is 23.9 Å². The minimum atomic E-state index is -1.38. The number of carbonyl (C=O) groups excluding carboxylic acids is 2. The highest BCUT2D eigenvalue weighted by Gasteiger charge is 2.37. The van der Waals surface area contributed by atoms with Crippen LogP contribution in [0.1, 0.15) is 90.5 Å². The second-order valence-electron chi connectivity index (χ2n) is 15.6. The Labute approximate surface area is 281 Å². The van der Waals surface area contributed by atoms with Crippen LogP contribution in [0.25, 0.3) is 17.2 Å². The number of anilines is 1. The van der Waals surface area contributed by atoms with E-state index in [1.165, 1.54) is 12.1 Å². The van der Waals surface area contributed by atoms with Crippen molar-refractivity contribution in [2.45, 2.75) is 129 Å². The van der Waals surface area contributed by atoms with Gasteiger partial charge in [0.15, 0.2) is 5.79 Å². The minimum absolute atomic E-state index is 0.0119. The summed E-state index contributed by atoms with van der Waals surface area (Å²) >= 11 is 0. The van der Waals surface area contributed by atoms with Gasteiger partial charge in [0, 0.05) is 32.2 Å². The first kappa shape index (κ1) is 36.7. The molecule has 2 aliphatic rings. The van der Waals surface area contributed by atoms with Gasteiger partial charge in [0.1, 0.15) is 17.2 Å². The molecule has 2 atom stereocenters. The van der Waals surface area contributed by atoms with Gasteiger partial charge in [0.25, 0.3) is 0 Å². The zero-order chi connectivity index (χ0) is 34.7. The molecular formula is C37H53FN2O6Si. The van der Waals surface area contributed by atoms with Crippen molar-refractivity contribution in [3.05, 3.63) is 53.0 Å². The number of ether oxygens (including phenoxy) is 4. The maximum atomic E-state index is 14.1. The van der Waals surface area contributed by atoms with E-state index >= 15 is 0 Å². The Bertz CT molecular complexity index is 1460. The quantitative estimate of drug-likeness (QED) is 0.195. The molecule has 0 N–H and O–H groups in total. The Morgan fingerprint density at radius 3 is 2.45 bits per heavy atom. The molecule has 1 aromatic carbocycles. The average Bonchev–Trinajstić information content (AvgIpc) is 2.92. The lowest BCUT2D eigenvalue weighted by Gasteiger charge is -2.40. The van der Waals surface area contributed by atoms with Gasteiger partial charge in [-0.05, 0) is 82.7 Å². The highest BCUT2D eigenvalue weighted by atomic mass is 28.3. The molecule has 3 heterocycles. The SMILES string of the molecule is CC(C)c1nc2c(c(-c3ccc(F)cc3)c1C=C[C@@H]1C[C@H](CC(=O)OC(C)(C)C)OC(C)(C)O1)CCCN2C(=O)OCC[Si](C)(C)C. The number of amides is 1. The fourth-order valence-electron chi connectivity index (χ4n) is 6.04. The van der Waals surface area contributed by atoms with E-state index < -0.39 is 19.5 Å². The second-order valence-corrected chi connectivity index (χ2v) is 21.2. The van der Waals surface area contributed by atoms with Gasteiger partial charge in [-0.2, -0.15) is 0 Å². The largest absolute Gasteiger partial charge is 0.460 e. The molecule has 0 unspecified atom stereocenters. The summed E-state index contributed by atoms with van der Waals surface area (Å²) in [5.41, 5.74) is 3.84. The van der Waals surface area contributed by atoms with E-state index in [1.54, 1.807) is 17.0 Å². The molecule has 0 bridgehead atoms. The third kappa shape index (κ3) is 10.2. The molecule has 258 valence electrons. The lowest BCUT2D eigenvalue weighted by Crippen LogP contribution is -2.45. The van der Waals surface area contributed by atoms with Gasteiger partial charge in [-0.15, -0.1) is 0 Å². The van der Waals surface area contributed by atoms with Crippen molar-refractivity contribution in [3.8, 4) is 11.1 Å². The van der Waals surface area contributed by atoms with Gasteiger partial charge in [-0.25, -0.2) is 14.2 Å². The third-order valence-corrected chi connectivity index (χ3v) is 9.76. The smallest absolute Gasteiger partial charge is 0.415 e. The van der Waals surface area contributed by atoms with Crippen LogP contribution in [-0.4, -0.2) is 61.9 Å². The summed E-state index contributed by atoms with van der Waals surface area (Å²) in [5.74, 6) is -0.927. The topological polar surface area (TPSA) is 87.2 Å². The molecule has 2 aromatic rings. The fourth-order valence-corrected chi connectivity index (χ4v) is 6.76. The molecule has 4 rings (SSSR count). The maximum Gasteiger partial charge on any atom is 0.415 e. The molecule has 2 aliphatic heterocycles. The molecule has 0 aliphatic carbocycles.